The van der Waals surface area contributed by atoms with Gasteiger partial charge in [-0.1, -0.05) is 18.5 Å². The second-order valence-electron chi connectivity index (χ2n) is 5.26. The van der Waals surface area contributed by atoms with E-state index in [0.717, 1.165) is 36.4 Å². The molecule has 3 N–H and O–H groups in total. The van der Waals surface area contributed by atoms with Gasteiger partial charge in [0.15, 0.2) is 0 Å². The summed E-state index contributed by atoms with van der Waals surface area (Å²) >= 11 is 6.36. The Bertz CT molecular complexity index is 549. The van der Waals surface area contributed by atoms with Gasteiger partial charge in [0.25, 0.3) is 0 Å². The maximum atomic E-state index is 11.9. The van der Waals surface area contributed by atoms with Crippen LogP contribution in [0.4, 0.5) is 11.4 Å². The van der Waals surface area contributed by atoms with Crippen LogP contribution < -0.4 is 15.5 Å². The van der Waals surface area contributed by atoms with Gasteiger partial charge in [0.1, 0.15) is 6.04 Å². The number of halogens is 1. The van der Waals surface area contributed by atoms with Crippen LogP contribution in [0.1, 0.15) is 24.9 Å². The third-order valence-electron chi connectivity index (χ3n) is 3.86. The van der Waals surface area contributed by atoms with E-state index in [0.29, 0.717) is 11.6 Å². The Morgan fingerprint density at radius 3 is 3.00 bits per heavy atom. The minimum atomic E-state index is -0.328. The lowest BCUT2D eigenvalue weighted by atomic mass is 10.1. The molecular formula is C14H18ClN3O2. The van der Waals surface area contributed by atoms with Gasteiger partial charge in [0.05, 0.1) is 16.8 Å². The highest BCUT2D eigenvalue weighted by Crippen LogP contribution is 2.39. The van der Waals surface area contributed by atoms with Crippen LogP contribution in [0.5, 0.6) is 0 Å². The number of fused-ring (bicyclic) bond motifs is 1. The van der Waals surface area contributed by atoms with Crippen molar-refractivity contribution >= 4 is 28.9 Å². The first kappa shape index (κ1) is 13.7. The summed E-state index contributed by atoms with van der Waals surface area (Å²) in [5.74, 6) is -0.0449. The fraction of sp³-hybridized carbons (Fsp3) is 0.500. The summed E-state index contributed by atoms with van der Waals surface area (Å²) in [6.07, 6.45) is 0.447. The first-order valence-corrected chi connectivity index (χ1v) is 7.28. The maximum Gasteiger partial charge on any atom is 0.246 e. The minimum Gasteiger partial charge on any atom is -0.391 e. The number of anilines is 2. The Labute approximate surface area is 122 Å². The van der Waals surface area contributed by atoms with Gasteiger partial charge in [-0.15, -0.1) is 0 Å². The number of likely N-dealkylation sites (N-methyl/N-ethyl adjacent to an activating group) is 1. The summed E-state index contributed by atoms with van der Waals surface area (Å²) in [6, 6.07) is 3.43. The van der Waals surface area contributed by atoms with E-state index in [9.17, 15) is 9.90 Å². The predicted octanol–water partition coefficient (Wildman–Crippen LogP) is 1.51. The summed E-state index contributed by atoms with van der Waals surface area (Å²) in [5.41, 5.74) is 2.58. The summed E-state index contributed by atoms with van der Waals surface area (Å²) in [5, 5.41) is 16.3. The topological polar surface area (TPSA) is 64.6 Å². The van der Waals surface area contributed by atoms with E-state index >= 15 is 0 Å². The molecule has 2 aliphatic heterocycles. The highest BCUT2D eigenvalue weighted by atomic mass is 35.5. The molecule has 2 heterocycles. The third-order valence-corrected chi connectivity index (χ3v) is 4.17. The molecule has 0 spiro atoms. The molecule has 0 bridgehead atoms. The van der Waals surface area contributed by atoms with Crippen LogP contribution >= 0.6 is 11.6 Å². The molecule has 0 radical (unpaired) electrons. The van der Waals surface area contributed by atoms with Crippen molar-refractivity contribution in [2.24, 2.45) is 0 Å². The Morgan fingerprint density at radius 2 is 2.35 bits per heavy atom. The van der Waals surface area contributed by atoms with Crippen molar-refractivity contribution in [1.82, 2.24) is 5.32 Å². The Kier molecular flexibility index (Phi) is 3.58. The Balaban J connectivity index is 1.94. The molecule has 0 aliphatic carbocycles. The molecule has 1 fully saturated rings. The monoisotopic (exact) mass is 295 g/mol. The second kappa shape index (κ2) is 5.24. The van der Waals surface area contributed by atoms with Crippen molar-refractivity contribution in [2.75, 3.05) is 29.9 Å². The summed E-state index contributed by atoms with van der Waals surface area (Å²) in [7, 11) is 0. The number of β-amino-alcohol motifs (C(OH)–C–C–N with tert-alkyl or cyclic N) is 1. The van der Waals surface area contributed by atoms with Crippen LogP contribution in [-0.4, -0.2) is 36.8 Å². The van der Waals surface area contributed by atoms with Crippen LogP contribution in [0.25, 0.3) is 0 Å². The maximum absolute atomic E-state index is 11.9. The number of nitrogens with one attached hydrogen (secondary N) is 2. The number of benzene rings is 1. The molecule has 1 aromatic rings. The molecule has 20 heavy (non-hydrogen) atoms. The molecular weight excluding hydrogens is 278 g/mol. The first-order valence-electron chi connectivity index (χ1n) is 6.91. The van der Waals surface area contributed by atoms with Gasteiger partial charge in [-0.25, -0.2) is 0 Å². The zero-order chi connectivity index (χ0) is 14.3. The minimum absolute atomic E-state index is 0.0449. The van der Waals surface area contributed by atoms with Gasteiger partial charge in [0, 0.05) is 24.3 Å². The zero-order valence-electron chi connectivity index (χ0n) is 11.3. The van der Waals surface area contributed by atoms with Gasteiger partial charge < -0.3 is 20.6 Å². The molecule has 6 heteroatoms. The number of rotatable bonds is 3. The molecule has 2 unspecified atom stereocenters. The fourth-order valence-corrected chi connectivity index (χ4v) is 3.17. The van der Waals surface area contributed by atoms with Crippen LogP contribution in [0, 0.1) is 0 Å². The Morgan fingerprint density at radius 1 is 1.55 bits per heavy atom. The summed E-state index contributed by atoms with van der Waals surface area (Å²) < 4.78 is 0. The largest absolute Gasteiger partial charge is 0.391 e. The van der Waals surface area contributed by atoms with Crippen molar-refractivity contribution in [3.63, 3.8) is 0 Å². The lowest BCUT2D eigenvalue weighted by Crippen LogP contribution is -2.27. The van der Waals surface area contributed by atoms with Crippen LogP contribution in [0.2, 0.25) is 5.02 Å². The number of carbonyl (C=O) groups excluding carboxylic acids is 1. The van der Waals surface area contributed by atoms with Crippen molar-refractivity contribution in [2.45, 2.75) is 25.5 Å². The van der Waals surface area contributed by atoms with Gasteiger partial charge in [-0.05, 0) is 25.1 Å². The average molecular weight is 296 g/mol. The zero-order valence-corrected chi connectivity index (χ0v) is 12.1. The van der Waals surface area contributed by atoms with E-state index in [1.807, 2.05) is 19.1 Å². The fourth-order valence-electron chi connectivity index (χ4n) is 2.88. The summed E-state index contributed by atoms with van der Waals surface area (Å²) in [6.45, 7) is 4.05. The molecule has 1 aromatic carbocycles. The average Bonchev–Trinajstić information content (AvgIpc) is 2.95. The molecule has 0 aromatic heterocycles. The number of carbonyl (C=O) groups is 1. The number of hydrogen-bond donors (Lipinski definition) is 3. The van der Waals surface area contributed by atoms with Crippen molar-refractivity contribution in [1.29, 1.82) is 0 Å². The van der Waals surface area contributed by atoms with Crippen LogP contribution in [-0.2, 0) is 4.79 Å². The normalized spacial score (nSPS) is 24.9. The van der Waals surface area contributed by atoms with Crippen molar-refractivity contribution < 1.29 is 9.90 Å². The third kappa shape index (κ3) is 2.26. The van der Waals surface area contributed by atoms with Crippen LogP contribution in [0.15, 0.2) is 12.1 Å². The smallest absolute Gasteiger partial charge is 0.246 e. The van der Waals surface area contributed by atoms with E-state index in [-0.39, 0.29) is 18.1 Å². The van der Waals surface area contributed by atoms with E-state index in [1.165, 1.54) is 0 Å². The lowest BCUT2D eigenvalue weighted by Gasteiger charge is -2.20. The number of hydrogen-bond acceptors (Lipinski definition) is 4. The lowest BCUT2D eigenvalue weighted by molar-refractivity contribution is -0.117. The molecule has 2 aliphatic rings. The van der Waals surface area contributed by atoms with E-state index < -0.39 is 0 Å². The second-order valence-corrected chi connectivity index (χ2v) is 5.67. The van der Waals surface area contributed by atoms with Gasteiger partial charge in [-0.2, -0.15) is 0 Å². The molecule has 3 rings (SSSR count). The number of nitrogens with zero attached hydrogens (tertiary/aromatic N) is 1. The molecule has 2 atom stereocenters. The number of aliphatic hydroxyl groups is 1. The Hall–Kier alpha value is -1.30. The first-order chi connectivity index (χ1) is 9.60. The van der Waals surface area contributed by atoms with Crippen molar-refractivity contribution in [3.8, 4) is 0 Å². The molecule has 0 saturated carbocycles. The van der Waals surface area contributed by atoms with Crippen molar-refractivity contribution in [3.05, 3.63) is 22.7 Å². The molecule has 108 valence electrons. The molecule has 1 amide bonds. The van der Waals surface area contributed by atoms with E-state index in [2.05, 4.69) is 15.5 Å². The van der Waals surface area contributed by atoms with E-state index in [4.69, 9.17) is 11.6 Å². The number of amides is 1. The molecule has 1 saturated heterocycles. The standard InChI is InChI=1S/C14H18ClN3O2/c1-2-16-13-9-5-10(15)12(6-11(9)17-14(13)20)18-4-3-8(19)7-18/h5-6,8,13,16,19H,2-4,7H2,1H3,(H,17,20). The quantitative estimate of drug-likeness (QED) is 0.791. The van der Waals surface area contributed by atoms with Crippen LogP contribution in [0.3, 0.4) is 0 Å². The summed E-state index contributed by atoms with van der Waals surface area (Å²) in [4.78, 5) is 14.0. The number of aliphatic hydroxyl groups excluding tert-OH is 1. The van der Waals surface area contributed by atoms with Gasteiger partial charge in [0.2, 0.25) is 5.91 Å². The van der Waals surface area contributed by atoms with Gasteiger partial charge >= 0.3 is 0 Å². The highest BCUT2D eigenvalue weighted by molar-refractivity contribution is 6.33. The highest BCUT2D eigenvalue weighted by Gasteiger charge is 2.32. The van der Waals surface area contributed by atoms with E-state index in [1.54, 1.807) is 0 Å². The SMILES string of the molecule is CCNC1C(=O)Nc2cc(N3CCC(O)C3)c(Cl)cc21. The molecule has 5 nitrogen and oxygen atoms in total. The predicted molar refractivity (Wildman–Crippen MR) is 79.3 cm³/mol. The van der Waals surface area contributed by atoms with Gasteiger partial charge in [-0.3, -0.25) is 4.79 Å².